The number of nitrogens with one attached hydrogen (secondary N) is 4. The molecule has 0 aromatic heterocycles. The Morgan fingerprint density at radius 3 is 2.28 bits per heavy atom. The number of urea groups is 1. The maximum absolute atomic E-state index is 12.5. The molecule has 25 heavy (non-hydrogen) atoms. The van der Waals surface area contributed by atoms with Gasteiger partial charge in [0.25, 0.3) is 0 Å². The van der Waals surface area contributed by atoms with Gasteiger partial charge in [0, 0.05) is 11.9 Å². The zero-order valence-corrected chi connectivity index (χ0v) is 12.9. The van der Waals surface area contributed by atoms with E-state index in [1.165, 1.54) is 12.1 Å². The molecule has 0 bridgehead atoms. The molecule has 0 aliphatic carbocycles. The second-order valence-electron chi connectivity index (χ2n) is 5.39. The Kier molecular flexibility index (Phi) is 4.62. The molecule has 1 aliphatic rings. The highest BCUT2D eigenvalue weighted by molar-refractivity contribution is 5.90. The molecule has 0 spiro atoms. The second-order valence-corrected chi connectivity index (χ2v) is 5.39. The number of carbonyl (C=O) groups is 1. The number of rotatable bonds is 3. The molecule has 2 aromatic carbocycles. The molecule has 5 nitrogen and oxygen atoms in total. The first kappa shape index (κ1) is 16.8. The van der Waals surface area contributed by atoms with E-state index < -0.39 is 17.8 Å². The average Bonchev–Trinajstić information content (AvgIpc) is 3.03. The Bertz CT molecular complexity index is 773. The molecule has 1 aliphatic heterocycles. The van der Waals surface area contributed by atoms with E-state index in [9.17, 15) is 18.0 Å². The molecule has 2 amide bonds. The fourth-order valence-corrected chi connectivity index (χ4v) is 2.42. The Morgan fingerprint density at radius 1 is 0.960 bits per heavy atom. The van der Waals surface area contributed by atoms with Crippen molar-refractivity contribution in [3.8, 4) is 0 Å². The molecule has 1 heterocycles. The summed E-state index contributed by atoms with van der Waals surface area (Å²) < 4.78 is 37.6. The van der Waals surface area contributed by atoms with Gasteiger partial charge in [0.15, 0.2) is 0 Å². The van der Waals surface area contributed by atoms with E-state index in [0.717, 1.165) is 17.7 Å². The summed E-state index contributed by atoms with van der Waals surface area (Å²) in [7, 11) is 0. The number of hydrogen-bond donors (Lipinski definition) is 4. The average molecular weight is 348 g/mol. The van der Waals surface area contributed by atoms with E-state index in [2.05, 4.69) is 21.5 Å². The predicted octanol–water partition coefficient (Wildman–Crippen LogP) is 3.52. The number of hydrazine groups is 1. The SMILES string of the molecule is O=C(NC1=CNNC1c1ccccc1)Nc1ccc(C(F)(F)F)cc1. The van der Waals surface area contributed by atoms with Gasteiger partial charge in [0.2, 0.25) is 0 Å². The third kappa shape index (κ3) is 4.10. The zero-order valence-electron chi connectivity index (χ0n) is 12.9. The van der Waals surface area contributed by atoms with Crippen LogP contribution in [-0.2, 0) is 6.18 Å². The van der Waals surface area contributed by atoms with Gasteiger partial charge in [-0.15, -0.1) is 0 Å². The summed E-state index contributed by atoms with van der Waals surface area (Å²) in [6, 6.07) is 12.9. The summed E-state index contributed by atoms with van der Waals surface area (Å²) in [5.74, 6) is 0. The molecule has 4 N–H and O–H groups in total. The lowest BCUT2D eigenvalue weighted by Crippen LogP contribution is -2.33. The standard InChI is InChI=1S/C17H15F3N4O/c18-17(19,20)12-6-8-13(9-7-12)22-16(25)23-14-10-21-24-15(14)11-4-2-1-3-5-11/h1-10,15,21,24H,(H2,22,23,25). The van der Waals surface area contributed by atoms with Gasteiger partial charge in [0.05, 0.1) is 17.3 Å². The Morgan fingerprint density at radius 2 is 1.64 bits per heavy atom. The van der Waals surface area contributed by atoms with Crippen LogP contribution in [0.2, 0.25) is 0 Å². The van der Waals surface area contributed by atoms with Gasteiger partial charge in [-0.25, -0.2) is 10.2 Å². The van der Waals surface area contributed by atoms with E-state index in [1.54, 1.807) is 6.20 Å². The summed E-state index contributed by atoms with van der Waals surface area (Å²) in [5.41, 5.74) is 6.88. The van der Waals surface area contributed by atoms with E-state index in [-0.39, 0.29) is 11.7 Å². The van der Waals surface area contributed by atoms with Gasteiger partial charge in [-0.2, -0.15) is 13.2 Å². The molecule has 0 fully saturated rings. The lowest BCUT2D eigenvalue weighted by Gasteiger charge is -2.16. The molecule has 0 saturated heterocycles. The first-order valence-electron chi connectivity index (χ1n) is 7.45. The Balaban J connectivity index is 1.62. The van der Waals surface area contributed by atoms with Crippen molar-refractivity contribution in [2.75, 3.05) is 5.32 Å². The second kappa shape index (κ2) is 6.86. The van der Waals surface area contributed by atoms with Crippen molar-refractivity contribution < 1.29 is 18.0 Å². The molecular weight excluding hydrogens is 333 g/mol. The minimum atomic E-state index is -4.41. The van der Waals surface area contributed by atoms with Crippen molar-refractivity contribution in [2.45, 2.75) is 12.2 Å². The van der Waals surface area contributed by atoms with Gasteiger partial charge < -0.3 is 16.1 Å². The summed E-state index contributed by atoms with van der Waals surface area (Å²) in [4.78, 5) is 12.1. The number of amides is 2. The number of alkyl halides is 3. The molecule has 1 unspecified atom stereocenters. The lowest BCUT2D eigenvalue weighted by atomic mass is 10.1. The van der Waals surface area contributed by atoms with Gasteiger partial charge in [-0.05, 0) is 29.8 Å². The van der Waals surface area contributed by atoms with E-state index in [0.29, 0.717) is 5.70 Å². The largest absolute Gasteiger partial charge is 0.416 e. The maximum atomic E-state index is 12.5. The van der Waals surface area contributed by atoms with Crippen LogP contribution < -0.4 is 21.5 Å². The van der Waals surface area contributed by atoms with Crippen LogP contribution in [0.3, 0.4) is 0 Å². The highest BCUT2D eigenvalue weighted by atomic mass is 19.4. The molecule has 2 aromatic rings. The summed E-state index contributed by atoms with van der Waals surface area (Å²) in [5, 5.41) is 5.19. The number of hydrogen-bond acceptors (Lipinski definition) is 3. The fourth-order valence-electron chi connectivity index (χ4n) is 2.42. The normalized spacial score (nSPS) is 16.8. The van der Waals surface area contributed by atoms with Crippen molar-refractivity contribution in [1.29, 1.82) is 0 Å². The summed E-state index contributed by atoms with van der Waals surface area (Å²) in [6.07, 6.45) is -2.79. The highest BCUT2D eigenvalue weighted by Crippen LogP contribution is 2.29. The first-order valence-corrected chi connectivity index (χ1v) is 7.45. The number of anilines is 1. The van der Waals surface area contributed by atoms with Gasteiger partial charge in [0.1, 0.15) is 0 Å². The Labute approximate surface area is 141 Å². The number of carbonyl (C=O) groups excluding carboxylic acids is 1. The maximum Gasteiger partial charge on any atom is 0.416 e. The van der Waals surface area contributed by atoms with Crippen molar-refractivity contribution in [3.05, 3.63) is 77.6 Å². The minimum absolute atomic E-state index is 0.237. The third-order valence-electron chi connectivity index (χ3n) is 3.63. The summed E-state index contributed by atoms with van der Waals surface area (Å²) in [6.45, 7) is 0. The topological polar surface area (TPSA) is 65.2 Å². The lowest BCUT2D eigenvalue weighted by molar-refractivity contribution is -0.137. The fraction of sp³-hybridized carbons (Fsp3) is 0.118. The zero-order chi connectivity index (χ0) is 17.9. The molecule has 1 atom stereocenters. The van der Waals surface area contributed by atoms with Crippen LogP contribution in [0.4, 0.5) is 23.7 Å². The smallest absolute Gasteiger partial charge is 0.326 e. The van der Waals surface area contributed by atoms with E-state index in [1.807, 2.05) is 30.3 Å². The number of halogens is 3. The van der Waals surface area contributed by atoms with Crippen LogP contribution >= 0.6 is 0 Å². The molecule has 130 valence electrons. The molecule has 8 heteroatoms. The Hall–Kier alpha value is -3.00. The predicted molar refractivity (Wildman–Crippen MR) is 87.1 cm³/mol. The van der Waals surface area contributed by atoms with E-state index >= 15 is 0 Å². The van der Waals surface area contributed by atoms with Gasteiger partial charge in [-0.3, -0.25) is 0 Å². The van der Waals surface area contributed by atoms with Crippen molar-refractivity contribution in [1.82, 2.24) is 16.2 Å². The van der Waals surface area contributed by atoms with Crippen molar-refractivity contribution in [2.24, 2.45) is 0 Å². The van der Waals surface area contributed by atoms with E-state index in [4.69, 9.17) is 0 Å². The first-order chi connectivity index (χ1) is 11.9. The molecule has 0 saturated carbocycles. The minimum Gasteiger partial charge on any atom is -0.326 e. The van der Waals surface area contributed by atoms with Gasteiger partial charge in [-0.1, -0.05) is 30.3 Å². The van der Waals surface area contributed by atoms with Crippen LogP contribution in [0.15, 0.2) is 66.5 Å². The third-order valence-corrected chi connectivity index (χ3v) is 3.63. The number of benzene rings is 2. The van der Waals surface area contributed by atoms with Crippen LogP contribution in [-0.4, -0.2) is 6.03 Å². The molecule has 3 rings (SSSR count). The van der Waals surface area contributed by atoms with Crippen molar-refractivity contribution in [3.63, 3.8) is 0 Å². The highest BCUT2D eigenvalue weighted by Gasteiger charge is 2.30. The molecule has 0 radical (unpaired) electrons. The quantitative estimate of drug-likeness (QED) is 0.686. The van der Waals surface area contributed by atoms with Crippen LogP contribution in [0, 0.1) is 0 Å². The van der Waals surface area contributed by atoms with Crippen LogP contribution in [0.5, 0.6) is 0 Å². The van der Waals surface area contributed by atoms with Crippen LogP contribution in [0.1, 0.15) is 17.2 Å². The summed E-state index contributed by atoms with van der Waals surface area (Å²) >= 11 is 0. The van der Waals surface area contributed by atoms with Crippen molar-refractivity contribution >= 4 is 11.7 Å². The van der Waals surface area contributed by atoms with Gasteiger partial charge >= 0.3 is 12.2 Å². The van der Waals surface area contributed by atoms with Crippen LogP contribution in [0.25, 0.3) is 0 Å². The monoisotopic (exact) mass is 348 g/mol. The molecular formula is C17H15F3N4O.